The molecule has 0 bridgehead atoms. The molecule has 1 rings (SSSR count). The normalized spacial score (nSPS) is 11.7. The molecule has 16 heavy (non-hydrogen) atoms. The van der Waals surface area contributed by atoms with Gasteiger partial charge in [-0.1, -0.05) is 13.8 Å². The van der Waals surface area contributed by atoms with Gasteiger partial charge in [0.2, 0.25) is 0 Å². The summed E-state index contributed by atoms with van der Waals surface area (Å²) in [6.45, 7) is 5.28. The van der Waals surface area contributed by atoms with Gasteiger partial charge in [0.25, 0.3) is 0 Å². The number of nitrogens with zero attached hydrogens (tertiary/aromatic N) is 3. The summed E-state index contributed by atoms with van der Waals surface area (Å²) >= 11 is 1.77. The summed E-state index contributed by atoms with van der Waals surface area (Å²) in [5, 5.41) is 5.55. The Hall–Kier alpha value is -0.680. The molecular formula is C11H22N4S. The molecule has 0 radical (unpaired) electrons. The lowest BCUT2D eigenvalue weighted by atomic mass is 10.1. The van der Waals surface area contributed by atoms with Crippen LogP contribution in [0.25, 0.3) is 0 Å². The Morgan fingerprint density at radius 3 is 2.50 bits per heavy atom. The van der Waals surface area contributed by atoms with Crippen LogP contribution in [0.5, 0.6) is 0 Å². The van der Waals surface area contributed by atoms with E-state index in [-0.39, 0.29) is 0 Å². The van der Waals surface area contributed by atoms with Gasteiger partial charge in [0.1, 0.15) is 5.03 Å². The van der Waals surface area contributed by atoms with Crippen LogP contribution in [0, 0.1) is 0 Å². The van der Waals surface area contributed by atoms with Crippen molar-refractivity contribution in [3.8, 4) is 0 Å². The largest absolute Gasteiger partial charge is 0.395 e. The molecule has 0 aliphatic carbocycles. The van der Waals surface area contributed by atoms with E-state index in [1.807, 2.05) is 11.7 Å². The predicted molar refractivity (Wildman–Crippen MR) is 71.0 cm³/mol. The lowest BCUT2D eigenvalue weighted by Crippen LogP contribution is -2.15. The van der Waals surface area contributed by atoms with Gasteiger partial charge >= 0.3 is 0 Å². The van der Waals surface area contributed by atoms with Crippen LogP contribution in [0.3, 0.4) is 0 Å². The number of aromatic nitrogens is 2. The van der Waals surface area contributed by atoms with Crippen molar-refractivity contribution >= 4 is 17.4 Å². The molecule has 0 fully saturated rings. The summed E-state index contributed by atoms with van der Waals surface area (Å²) in [7, 11) is 6.11. The minimum absolute atomic E-state index is 0.384. The molecule has 0 saturated heterocycles. The van der Waals surface area contributed by atoms with E-state index in [1.165, 1.54) is 0 Å². The van der Waals surface area contributed by atoms with Crippen molar-refractivity contribution in [2.24, 2.45) is 7.05 Å². The first-order chi connectivity index (χ1) is 7.43. The smallest absolute Gasteiger partial charge is 0.117 e. The number of anilines is 1. The second kappa shape index (κ2) is 5.59. The van der Waals surface area contributed by atoms with Gasteiger partial charge in [-0.2, -0.15) is 5.10 Å². The third-order valence-electron chi connectivity index (χ3n) is 2.38. The Labute approximate surface area is 102 Å². The average Bonchev–Trinajstić information content (AvgIpc) is 2.44. The molecule has 2 N–H and O–H groups in total. The van der Waals surface area contributed by atoms with E-state index >= 15 is 0 Å². The molecule has 1 heterocycles. The Bertz CT molecular complexity index is 344. The summed E-state index contributed by atoms with van der Waals surface area (Å²) < 4.78 is 1.89. The maximum absolute atomic E-state index is 6.10. The van der Waals surface area contributed by atoms with Crippen LogP contribution in [0.2, 0.25) is 0 Å². The van der Waals surface area contributed by atoms with E-state index in [0.29, 0.717) is 5.92 Å². The molecule has 0 aliphatic heterocycles. The molecule has 1 aromatic rings. The Kier molecular flexibility index (Phi) is 4.68. The molecular weight excluding hydrogens is 220 g/mol. The fourth-order valence-electron chi connectivity index (χ4n) is 1.47. The average molecular weight is 242 g/mol. The van der Waals surface area contributed by atoms with Gasteiger partial charge in [-0.25, -0.2) is 0 Å². The molecule has 0 atom stereocenters. The highest BCUT2D eigenvalue weighted by atomic mass is 32.2. The lowest BCUT2D eigenvalue weighted by molar-refractivity contribution is 0.437. The number of thioether (sulfide) groups is 1. The van der Waals surface area contributed by atoms with E-state index in [2.05, 4.69) is 37.9 Å². The van der Waals surface area contributed by atoms with Crippen LogP contribution in [-0.2, 0) is 7.05 Å². The molecule has 0 unspecified atom stereocenters. The Morgan fingerprint density at radius 1 is 1.44 bits per heavy atom. The van der Waals surface area contributed by atoms with E-state index in [1.54, 1.807) is 11.8 Å². The SMILES string of the molecule is CC(C)c1nn(C)c(SCCN(C)C)c1N. The van der Waals surface area contributed by atoms with Crippen LogP contribution < -0.4 is 5.73 Å². The second-order valence-electron chi connectivity index (χ2n) is 4.53. The van der Waals surface area contributed by atoms with Crippen molar-refractivity contribution < 1.29 is 0 Å². The van der Waals surface area contributed by atoms with Crippen molar-refractivity contribution in [3.05, 3.63) is 5.69 Å². The number of aryl methyl sites for hydroxylation is 1. The standard InChI is InChI=1S/C11H22N4S/c1-8(2)10-9(12)11(15(5)13-10)16-7-6-14(3)4/h8H,6-7,12H2,1-5H3. The van der Waals surface area contributed by atoms with Crippen LogP contribution in [0.4, 0.5) is 5.69 Å². The van der Waals surface area contributed by atoms with Crippen LogP contribution in [0.1, 0.15) is 25.5 Å². The van der Waals surface area contributed by atoms with Crippen molar-refractivity contribution in [3.63, 3.8) is 0 Å². The minimum Gasteiger partial charge on any atom is -0.395 e. The molecule has 0 aliphatic rings. The van der Waals surface area contributed by atoms with Gasteiger partial charge in [-0.15, -0.1) is 11.8 Å². The highest BCUT2D eigenvalue weighted by Gasteiger charge is 2.15. The molecule has 1 aromatic heterocycles. The molecule has 0 saturated carbocycles. The van der Waals surface area contributed by atoms with Gasteiger partial charge in [-0.05, 0) is 20.0 Å². The third-order valence-corrected chi connectivity index (χ3v) is 3.53. The Balaban J connectivity index is 2.72. The number of hydrogen-bond acceptors (Lipinski definition) is 4. The monoisotopic (exact) mass is 242 g/mol. The maximum atomic E-state index is 6.10. The first-order valence-electron chi connectivity index (χ1n) is 5.53. The van der Waals surface area contributed by atoms with Crippen molar-refractivity contribution in [2.45, 2.75) is 24.8 Å². The zero-order valence-corrected chi connectivity index (χ0v) is 11.6. The van der Waals surface area contributed by atoms with E-state index < -0.39 is 0 Å². The van der Waals surface area contributed by atoms with Gasteiger partial charge in [0, 0.05) is 19.3 Å². The van der Waals surface area contributed by atoms with Crippen molar-refractivity contribution in [2.75, 3.05) is 32.1 Å². The topological polar surface area (TPSA) is 47.1 Å². The van der Waals surface area contributed by atoms with Gasteiger partial charge in [0.15, 0.2) is 0 Å². The Morgan fingerprint density at radius 2 is 2.06 bits per heavy atom. The van der Waals surface area contributed by atoms with Crippen LogP contribution in [0.15, 0.2) is 5.03 Å². The summed E-state index contributed by atoms with van der Waals surface area (Å²) in [5.74, 6) is 1.42. The van der Waals surface area contributed by atoms with Crippen LogP contribution in [-0.4, -0.2) is 41.1 Å². The second-order valence-corrected chi connectivity index (χ2v) is 5.62. The fraction of sp³-hybridized carbons (Fsp3) is 0.727. The van der Waals surface area contributed by atoms with E-state index in [4.69, 9.17) is 5.73 Å². The van der Waals surface area contributed by atoms with Crippen LogP contribution >= 0.6 is 11.8 Å². The number of hydrogen-bond donors (Lipinski definition) is 1. The summed E-state index contributed by atoms with van der Waals surface area (Å²) in [4.78, 5) is 2.17. The van der Waals surface area contributed by atoms with Gasteiger partial charge < -0.3 is 10.6 Å². The van der Waals surface area contributed by atoms with E-state index in [9.17, 15) is 0 Å². The third kappa shape index (κ3) is 3.15. The fourth-order valence-corrected chi connectivity index (χ4v) is 2.60. The highest BCUT2D eigenvalue weighted by Crippen LogP contribution is 2.30. The molecule has 4 nitrogen and oxygen atoms in total. The van der Waals surface area contributed by atoms with Gasteiger partial charge in [-0.3, -0.25) is 4.68 Å². The molecule has 92 valence electrons. The molecule has 0 spiro atoms. The van der Waals surface area contributed by atoms with Gasteiger partial charge in [0.05, 0.1) is 11.4 Å². The minimum atomic E-state index is 0.384. The highest BCUT2D eigenvalue weighted by molar-refractivity contribution is 7.99. The summed E-state index contributed by atoms with van der Waals surface area (Å²) in [6, 6.07) is 0. The summed E-state index contributed by atoms with van der Waals surface area (Å²) in [5.41, 5.74) is 7.96. The predicted octanol–water partition coefficient (Wildman–Crippen LogP) is 1.78. The first-order valence-corrected chi connectivity index (χ1v) is 6.52. The van der Waals surface area contributed by atoms with E-state index in [0.717, 1.165) is 28.7 Å². The quantitative estimate of drug-likeness (QED) is 0.800. The maximum Gasteiger partial charge on any atom is 0.117 e. The first kappa shape index (κ1) is 13.4. The lowest BCUT2D eigenvalue weighted by Gasteiger charge is -2.09. The molecule has 5 heteroatoms. The number of nitrogen functional groups attached to an aromatic ring is 1. The molecule has 0 amide bonds. The zero-order valence-electron chi connectivity index (χ0n) is 10.8. The number of rotatable bonds is 5. The number of nitrogens with two attached hydrogens (primary N) is 1. The summed E-state index contributed by atoms with van der Waals surface area (Å²) in [6.07, 6.45) is 0. The molecule has 0 aromatic carbocycles. The zero-order chi connectivity index (χ0) is 12.3. The van der Waals surface area contributed by atoms with Crippen molar-refractivity contribution in [1.82, 2.24) is 14.7 Å². The van der Waals surface area contributed by atoms with Crippen molar-refractivity contribution in [1.29, 1.82) is 0 Å².